The Hall–Kier alpha value is -3.21. The molecule has 0 unspecified atom stereocenters. The molecule has 5 nitrogen and oxygen atoms in total. The first-order chi connectivity index (χ1) is 12.0. The molecule has 3 rings (SSSR count). The van der Waals surface area contributed by atoms with E-state index in [1.165, 1.54) is 0 Å². The lowest BCUT2D eigenvalue weighted by atomic mass is 10.1. The molecule has 1 heterocycles. The van der Waals surface area contributed by atoms with E-state index >= 15 is 0 Å². The number of rotatable bonds is 4. The van der Waals surface area contributed by atoms with Gasteiger partial charge < -0.3 is 5.11 Å². The van der Waals surface area contributed by atoms with Crippen LogP contribution in [0.2, 0.25) is 0 Å². The van der Waals surface area contributed by atoms with Gasteiger partial charge in [-0.15, -0.1) is 0 Å². The third-order valence-corrected chi connectivity index (χ3v) is 3.86. The lowest BCUT2D eigenvalue weighted by Gasteiger charge is -2.08. The number of benzene rings is 2. The molecule has 0 amide bonds. The number of nitrogens with zero attached hydrogens (tertiary/aromatic N) is 3. The molecule has 0 spiro atoms. The summed E-state index contributed by atoms with van der Waals surface area (Å²) in [6.07, 6.45) is 0. The molecule has 2 N–H and O–H groups in total. The van der Waals surface area contributed by atoms with E-state index in [-0.39, 0.29) is 5.75 Å². The minimum atomic E-state index is 0.281. The van der Waals surface area contributed by atoms with Gasteiger partial charge in [-0.2, -0.15) is 5.10 Å². The van der Waals surface area contributed by atoms with Gasteiger partial charge in [0.15, 0.2) is 0 Å². The van der Waals surface area contributed by atoms with E-state index in [9.17, 15) is 5.11 Å². The molecule has 0 aliphatic carbocycles. The second-order valence-electron chi connectivity index (χ2n) is 5.86. The summed E-state index contributed by atoms with van der Waals surface area (Å²) >= 11 is 0. The zero-order valence-electron chi connectivity index (χ0n) is 14.5. The second kappa shape index (κ2) is 7.13. The maximum absolute atomic E-state index is 9.63. The van der Waals surface area contributed by atoms with Crippen molar-refractivity contribution in [1.29, 1.82) is 0 Å². The Morgan fingerprint density at radius 2 is 1.76 bits per heavy atom. The van der Waals surface area contributed by atoms with Crippen LogP contribution >= 0.6 is 0 Å². The van der Waals surface area contributed by atoms with E-state index in [0.29, 0.717) is 11.6 Å². The Bertz CT molecular complexity index is 920. The highest BCUT2D eigenvalue weighted by atomic mass is 16.3. The molecule has 0 saturated heterocycles. The van der Waals surface area contributed by atoms with Crippen LogP contribution in [0.1, 0.15) is 23.9 Å². The standard InChI is InChI=1S/C20H20N4O/c1-13-11-17(9-10-19(13)25)14(2)23-24-20-12-18(21-15(3)22-20)16-7-5-4-6-8-16/h4-12,25H,1-3H3,(H,21,22,24)/b23-14+. The fourth-order valence-corrected chi connectivity index (χ4v) is 2.47. The van der Waals surface area contributed by atoms with E-state index in [1.54, 1.807) is 6.07 Å². The third-order valence-electron chi connectivity index (χ3n) is 3.86. The van der Waals surface area contributed by atoms with Crippen LogP contribution in [-0.4, -0.2) is 20.8 Å². The summed E-state index contributed by atoms with van der Waals surface area (Å²) in [4.78, 5) is 8.87. The molecule has 0 aliphatic rings. The summed E-state index contributed by atoms with van der Waals surface area (Å²) in [6.45, 7) is 5.63. The van der Waals surface area contributed by atoms with Gasteiger partial charge in [-0.05, 0) is 50.1 Å². The average Bonchev–Trinajstić information content (AvgIpc) is 2.62. The molecule has 3 aromatic rings. The molecular formula is C20H20N4O. The summed E-state index contributed by atoms with van der Waals surface area (Å²) in [7, 11) is 0. The van der Waals surface area contributed by atoms with E-state index in [1.807, 2.05) is 69.3 Å². The Labute approximate surface area is 147 Å². The van der Waals surface area contributed by atoms with Gasteiger partial charge in [0, 0.05) is 11.6 Å². The molecule has 2 aromatic carbocycles. The van der Waals surface area contributed by atoms with Crippen LogP contribution in [0, 0.1) is 13.8 Å². The first-order valence-electron chi connectivity index (χ1n) is 8.04. The summed E-state index contributed by atoms with van der Waals surface area (Å²) < 4.78 is 0. The number of anilines is 1. The van der Waals surface area contributed by atoms with E-state index in [2.05, 4.69) is 20.5 Å². The third kappa shape index (κ3) is 4.01. The molecule has 0 aliphatic heterocycles. The van der Waals surface area contributed by atoms with Crippen LogP contribution in [0.4, 0.5) is 5.82 Å². The highest BCUT2D eigenvalue weighted by Gasteiger charge is 2.05. The van der Waals surface area contributed by atoms with Crippen LogP contribution in [0.15, 0.2) is 59.7 Å². The summed E-state index contributed by atoms with van der Waals surface area (Å²) in [5.41, 5.74) is 7.45. The van der Waals surface area contributed by atoms with Gasteiger partial charge >= 0.3 is 0 Å². The quantitative estimate of drug-likeness (QED) is 0.552. The number of nitrogens with one attached hydrogen (secondary N) is 1. The van der Waals surface area contributed by atoms with Gasteiger partial charge in [0.05, 0.1) is 11.4 Å². The number of hydrogen-bond acceptors (Lipinski definition) is 5. The zero-order valence-corrected chi connectivity index (χ0v) is 14.5. The lowest BCUT2D eigenvalue weighted by Crippen LogP contribution is -2.03. The maximum Gasteiger partial charge on any atom is 0.150 e. The molecule has 0 fully saturated rings. The van der Waals surface area contributed by atoms with Crippen molar-refractivity contribution in [3.63, 3.8) is 0 Å². The zero-order chi connectivity index (χ0) is 17.8. The molecular weight excluding hydrogens is 312 g/mol. The number of aromatic nitrogens is 2. The molecule has 0 bridgehead atoms. The Morgan fingerprint density at radius 3 is 2.48 bits per heavy atom. The first-order valence-corrected chi connectivity index (χ1v) is 8.04. The smallest absolute Gasteiger partial charge is 0.150 e. The fourth-order valence-electron chi connectivity index (χ4n) is 2.47. The summed E-state index contributed by atoms with van der Waals surface area (Å²) in [5, 5.41) is 14.0. The van der Waals surface area contributed by atoms with Crippen molar-refractivity contribution in [3.8, 4) is 17.0 Å². The molecule has 5 heteroatoms. The van der Waals surface area contributed by atoms with E-state index < -0.39 is 0 Å². The monoisotopic (exact) mass is 332 g/mol. The minimum absolute atomic E-state index is 0.281. The normalized spacial score (nSPS) is 11.4. The van der Waals surface area contributed by atoms with Crippen molar-refractivity contribution in [2.45, 2.75) is 20.8 Å². The van der Waals surface area contributed by atoms with Crippen LogP contribution in [-0.2, 0) is 0 Å². The van der Waals surface area contributed by atoms with Crippen LogP contribution in [0.25, 0.3) is 11.3 Å². The minimum Gasteiger partial charge on any atom is -0.508 e. The number of aryl methyl sites for hydroxylation is 2. The number of phenolic OH excluding ortho intramolecular Hbond substituents is 1. The lowest BCUT2D eigenvalue weighted by molar-refractivity contribution is 0.471. The van der Waals surface area contributed by atoms with Gasteiger partial charge in [0.2, 0.25) is 0 Å². The predicted molar refractivity (Wildman–Crippen MR) is 101 cm³/mol. The number of hydrazone groups is 1. The average molecular weight is 332 g/mol. The maximum atomic E-state index is 9.63. The van der Waals surface area contributed by atoms with Crippen molar-refractivity contribution >= 4 is 11.5 Å². The van der Waals surface area contributed by atoms with Gasteiger partial charge in [-0.1, -0.05) is 30.3 Å². The Morgan fingerprint density at radius 1 is 1.00 bits per heavy atom. The van der Waals surface area contributed by atoms with Crippen LogP contribution in [0.5, 0.6) is 5.75 Å². The first kappa shape index (κ1) is 16.6. The fraction of sp³-hybridized carbons (Fsp3) is 0.150. The largest absolute Gasteiger partial charge is 0.508 e. The Kier molecular flexibility index (Phi) is 4.75. The van der Waals surface area contributed by atoms with Crippen molar-refractivity contribution in [3.05, 3.63) is 71.5 Å². The van der Waals surface area contributed by atoms with E-state index in [0.717, 1.165) is 28.1 Å². The molecule has 25 heavy (non-hydrogen) atoms. The van der Waals surface area contributed by atoms with Crippen molar-refractivity contribution in [1.82, 2.24) is 9.97 Å². The van der Waals surface area contributed by atoms with Crippen molar-refractivity contribution < 1.29 is 5.11 Å². The van der Waals surface area contributed by atoms with Crippen LogP contribution < -0.4 is 5.43 Å². The number of phenols is 1. The van der Waals surface area contributed by atoms with Crippen molar-refractivity contribution in [2.75, 3.05) is 5.43 Å². The Balaban J connectivity index is 1.85. The molecule has 1 aromatic heterocycles. The molecule has 126 valence electrons. The van der Waals surface area contributed by atoms with Crippen LogP contribution in [0.3, 0.4) is 0 Å². The van der Waals surface area contributed by atoms with E-state index in [4.69, 9.17) is 0 Å². The molecule has 0 saturated carbocycles. The highest BCUT2D eigenvalue weighted by molar-refractivity contribution is 5.99. The molecule has 0 atom stereocenters. The van der Waals surface area contributed by atoms with Gasteiger partial charge in [0.1, 0.15) is 17.4 Å². The van der Waals surface area contributed by atoms with Gasteiger partial charge in [0.25, 0.3) is 0 Å². The summed E-state index contributed by atoms with van der Waals surface area (Å²) in [6, 6.07) is 17.3. The predicted octanol–water partition coefficient (Wildman–Crippen LogP) is 4.30. The topological polar surface area (TPSA) is 70.4 Å². The van der Waals surface area contributed by atoms with Crippen molar-refractivity contribution in [2.24, 2.45) is 5.10 Å². The molecule has 0 radical (unpaired) electrons. The second-order valence-corrected chi connectivity index (χ2v) is 5.86. The van der Waals surface area contributed by atoms with Gasteiger partial charge in [-0.25, -0.2) is 9.97 Å². The summed E-state index contributed by atoms with van der Waals surface area (Å²) in [5.74, 6) is 1.60. The highest BCUT2D eigenvalue weighted by Crippen LogP contribution is 2.20. The SMILES string of the molecule is C/C(=N\Nc1cc(-c2ccccc2)nc(C)n1)c1ccc(O)c(C)c1. The number of hydrogen-bond donors (Lipinski definition) is 2. The van der Waals surface area contributed by atoms with Gasteiger partial charge in [-0.3, -0.25) is 5.43 Å². The number of aromatic hydroxyl groups is 1.